The van der Waals surface area contributed by atoms with Gasteiger partial charge in [-0.2, -0.15) is 0 Å². The first-order chi connectivity index (χ1) is 14.0. The van der Waals surface area contributed by atoms with Crippen LogP contribution in [0.3, 0.4) is 0 Å². The molecule has 1 atom stereocenters. The monoisotopic (exact) mass is 393 g/mol. The van der Waals surface area contributed by atoms with Crippen LogP contribution in [0.1, 0.15) is 26.7 Å². The zero-order valence-corrected chi connectivity index (χ0v) is 17.2. The van der Waals surface area contributed by atoms with Gasteiger partial charge in [-0.15, -0.1) is 5.10 Å². The van der Waals surface area contributed by atoms with E-state index in [2.05, 4.69) is 44.3 Å². The number of nitrogens with zero attached hydrogens (tertiary/aromatic N) is 6. The highest BCUT2D eigenvalue weighted by Gasteiger charge is 2.26. The number of pyridine rings is 2. The third-order valence-corrected chi connectivity index (χ3v) is 5.22. The van der Waals surface area contributed by atoms with Gasteiger partial charge in [0, 0.05) is 37.3 Å². The molecular weight excluding hydrogens is 366 g/mol. The molecule has 0 aliphatic carbocycles. The van der Waals surface area contributed by atoms with Crippen molar-refractivity contribution in [3.05, 3.63) is 30.7 Å². The lowest BCUT2D eigenvalue weighted by atomic mass is 9.96. The first-order valence-electron chi connectivity index (χ1n) is 10.1. The van der Waals surface area contributed by atoms with E-state index in [1.54, 1.807) is 17.1 Å². The summed E-state index contributed by atoms with van der Waals surface area (Å²) in [4.78, 5) is 24.0. The van der Waals surface area contributed by atoms with Gasteiger partial charge in [0.1, 0.15) is 11.5 Å². The van der Waals surface area contributed by atoms with E-state index in [4.69, 9.17) is 0 Å². The molecule has 1 unspecified atom stereocenters. The third-order valence-electron chi connectivity index (χ3n) is 5.22. The molecule has 1 aliphatic heterocycles. The van der Waals surface area contributed by atoms with Crippen LogP contribution in [0.4, 0.5) is 5.82 Å². The first kappa shape index (κ1) is 19.4. The molecule has 0 spiro atoms. The fourth-order valence-corrected chi connectivity index (χ4v) is 3.90. The van der Waals surface area contributed by atoms with Crippen LogP contribution in [-0.2, 0) is 11.8 Å². The smallest absolute Gasteiger partial charge is 0.229 e. The minimum atomic E-state index is 0.00375. The number of hydrogen-bond acceptors (Lipinski definition) is 6. The van der Waals surface area contributed by atoms with Gasteiger partial charge >= 0.3 is 0 Å². The zero-order valence-electron chi connectivity index (χ0n) is 17.2. The molecule has 4 rings (SSSR count). The van der Waals surface area contributed by atoms with Gasteiger partial charge in [-0.25, -0.2) is 4.98 Å². The Hall–Kier alpha value is -2.87. The number of amides is 1. The second-order valence-corrected chi connectivity index (χ2v) is 8.25. The van der Waals surface area contributed by atoms with Gasteiger partial charge in [0.25, 0.3) is 0 Å². The molecule has 0 aromatic carbocycles. The molecule has 4 heterocycles. The number of piperidine rings is 1. The van der Waals surface area contributed by atoms with Crippen LogP contribution in [0.5, 0.6) is 0 Å². The standard InChI is InChI=1S/C21H27N7O/c1-14(2)11-28-6-4-5-15(12-28)21(29)24-20-8-16-7-17(9-22-18(16)10-23-20)19-13-27(3)26-25-19/h7-10,13-15H,4-6,11-12H2,1-3H3,(H,23,24,29). The average molecular weight is 393 g/mol. The second-order valence-electron chi connectivity index (χ2n) is 8.25. The van der Waals surface area contributed by atoms with Crippen molar-refractivity contribution >= 4 is 22.6 Å². The largest absolute Gasteiger partial charge is 0.310 e. The van der Waals surface area contributed by atoms with E-state index >= 15 is 0 Å². The van der Waals surface area contributed by atoms with Gasteiger partial charge in [0.15, 0.2) is 0 Å². The van der Waals surface area contributed by atoms with Crippen molar-refractivity contribution in [3.63, 3.8) is 0 Å². The molecule has 3 aromatic heterocycles. The summed E-state index contributed by atoms with van der Waals surface area (Å²) in [6, 6.07) is 3.86. The number of fused-ring (bicyclic) bond motifs is 1. The van der Waals surface area contributed by atoms with Crippen LogP contribution in [0.2, 0.25) is 0 Å². The summed E-state index contributed by atoms with van der Waals surface area (Å²) in [5.74, 6) is 1.21. The number of carbonyl (C=O) groups excluding carboxylic acids is 1. The molecule has 1 fully saturated rings. The topological polar surface area (TPSA) is 88.8 Å². The Labute approximate surface area is 170 Å². The van der Waals surface area contributed by atoms with E-state index < -0.39 is 0 Å². The van der Waals surface area contributed by atoms with Crippen LogP contribution < -0.4 is 5.32 Å². The van der Waals surface area contributed by atoms with Crippen LogP contribution in [0.15, 0.2) is 30.7 Å². The Morgan fingerprint density at radius 2 is 2.14 bits per heavy atom. The molecule has 1 saturated heterocycles. The van der Waals surface area contributed by atoms with E-state index in [0.29, 0.717) is 11.7 Å². The number of hydrogen-bond donors (Lipinski definition) is 1. The predicted octanol–water partition coefficient (Wildman–Crippen LogP) is 2.73. The minimum absolute atomic E-state index is 0.00375. The Morgan fingerprint density at radius 1 is 1.28 bits per heavy atom. The van der Waals surface area contributed by atoms with E-state index in [9.17, 15) is 4.79 Å². The molecule has 1 N–H and O–H groups in total. The molecule has 152 valence electrons. The van der Waals surface area contributed by atoms with Crippen LogP contribution in [-0.4, -0.2) is 55.4 Å². The predicted molar refractivity (Wildman–Crippen MR) is 112 cm³/mol. The number of aryl methyl sites for hydroxylation is 1. The molecule has 1 amide bonds. The van der Waals surface area contributed by atoms with Crippen molar-refractivity contribution in [3.8, 4) is 11.3 Å². The Kier molecular flexibility index (Phi) is 5.53. The average Bonchev–Trinajstić information content (AvgIpc) is 3.13. The van der Waals surface area contributed by atoms with Gasteiger partial charge in [0.2, 0.25) is 5.91 Å². The molecule has 3 aromatic rings. The van der Waals surface area contributed by atoms with Crippen molar-refractivity contribution in [2.75, 3.05) is 25.0 Å². The summed E-state index contributed by atoms with van der Waals surface area (Å²) < 4.78 is 1.66. The third kappa shape index (κ3) is 4.59. The van der Waals surface area contributed by atoms with Crippen molar-refractivity contribution in [1.29, 1.82) is 0 Å². The summed E-state index contributed by atoms with van der Waals surface area (Å²) in [5, 5.41) is 12.0. The first-order valence-corrected chi connectivity index (χ1v) is 10.1. The fraction of sp³-hybridized carbons (Fsp3) is 0.476. The summed E-state index contributed by atoms with van der Waals surface area (Å²) in [7, 11) is 1.83. The number of carbonyl (C=O) groups is 1. The molecule has 8 nitrogen and oxygen atoms in total. The van der Waals surface area contributed by atoms with Crippen molar-refractivity contribution in [2.24, 2.45) is 18.9 Å². The molecule has 29 heavy (non-hydrogen) atoms. The second kappa shape index (κ2) is 8.24. The highest BCUT2D eigenvalue weighted by Crippen LogP contribution is 2.23. The van der Waals surface area contributed by atoms with Crippen LogP contribution in [0.25, 0.3) is 22.2 Å². The number of anilines is 1. The van der Waals surface area contributed by atoms with Gasteiger partial charge in [-0.3, -0.25) is 14.5 Å². The van der Waals surface area contributed by atoms with Gasteiger partial charge < -0.3 is 10.2 Å². The van der Waals surface area contributed by atoms with Gasteiger partial charge in [0.05, 0.1) is 23.8 Å². The molecule has 8 heteroatoms. The highest BCUT2D eigenvalue weighted by molar-refractivity contribution is 5.94. The molecule has 0 bridgehead atoms. The van der Waals surface area contributed by atoms with Crippen LogP contribution in [0, 0.1) is 11.8 Å². The minimum Gasteiger partial charge on any atom is -0.310 e. The maximum absolute atomic E-state index is 12.8. The Balaban J connectivity index is 1.49. The highest BCUT2D eigenvalue weighted by atomic mass is 16.2. The van der Waals surface area contributed by atoms with E-state index in [0.717, 1.165) is 54.6 Å². The normalized spacial score (nSPS) is 17.7. The number of rotatable bonds is 5. The van der Waals surface area contributed by atoms with Crippen molar-refractivity contribution in [1.82, 2.24) is 29.9 Å². The van der Waals surface area contributed by atoms with Crippen molar-refractivity contribution < 1.29 is 4.79 Å². The number of nitrogens with one attached hydrogen (secondary N) is 1. The molecule has 0 saturated carbocycles. The fourth-order valence-electron chi connectivity index (χ4n) is 3.90. The van der Waals surface area contributed by atoms with Crippen LogP contribution >= 0.6 is 0 Å². The maximum Gasteiger partial charge on any atom is 0.229 e. The molecular formula is C21H27N7O. The summed E-state index contributed by atoms with van der Waals surface area (Å²) in [6.07, 6.45) is 7.28. The quantitative estimate of drug-likeness (QED) is 0.717. The Bertz CT molecular complexity index is 1010. The molecule has 1 aliphatic rings. The zero-order chi connectivity index (χ0) is 20.4. The maximum atomic E-state index is 12.8. The summed E-state index contributed by atoms with van der Waals surface area (Å²) in [5.41, 5.74) is 2.42. The van der Waals surface area contributed by atoms with E-state index in [1.165, 1.54) is 0 Å². The summed E-state index contributed by atoms with van der Waals surface area (Å²) >= 11 is 0. The summed E-state index contributed by atoms with van der Waals surface area (Å²) in [6.45, 7) is 7.36. The van der Waals surface area contributed by atoms with E-state index in [1.807, 2.05) is 25.4 Å². The number of aromatic nitrogens is 5. The lowest BCUT2D eigenvalue weighted by Gasteiger charge is -2.32. The molecule has 0 radical (unpaired) electrons. The van der Waals surface area contributed by atoms with E-state index in [-0.39, 0.29) is 11.8 Å². The Morgan fingerprint density at radius 3 is 2.90 bits per heavy atom. The SMILES string of the molecule is CC(C)CN1CCCC(C(=O)Nc2cc3cc(-c4cn(C)nn4)cnc3cn2)C1. The van der Waals surface area contributed by atoms with Crippen molar-refractivity contribution in [2.45, 2.75) is 26.7 Å². The lowest BCUT2D eigenvalue weighted by molar-refractivity contribution is -0.121. The number of likely N-dealkylation sites (tertiary alicyclic amines) is 1. The van der Waals surface area contributed by atoms with Gasteiger partial charge in [-0.05, 0) is 37.4 Å². The van der Waals surface area contributed by atoms with Gasteiger partial charge in [-0.1, -0.05) is 19.1 Å². The lowest BCUT2D eigenvalue weighted by Crippen LogP contribution is -2.42.